The van der Waals surface area contributed by atoms with Gasteiger partial charge in [-0.15, -0.1) is 11.3 Å². The van der Waals surface area contributed by atoms with Crippen molar-refractivity contribution in [3.8, 4) is 17.4 Å². The lowest BCUT2D eigenvalue weighted by Gasteiger charge is -2.11. The SMILES string of the molecule is COc1cc(C)ccc1Oc1nc(N)nc2sc(C)cc12. The lowest BCUT2D eigenvalue weighted by atomic mass is 10.2. The largest absolute Gasteiger partial charge is 0.493 e. The van der Waals surface area contributed by atoms with Crippen LogP contribution in [0.3, 0.4) is 0 Å². The summed E-state index contributed by atoms with van der Waals surface area (Å²) in [6, 6.07) is 7.72. The maximum absolute atomic E-state index is 5.91. The predicted molar refractivity (Wildman–Crippen MR) is 84.4 cm³/mol. The van der Waals surface area contributed by atoms with Crippen molar-refractivity contribution in [2.45, 2.75) is 13.8 Å². The number of nitrogens with two attached hydrogens (primary N) is 1. The number of nitrogen functional groups attached to an aromatic ring is 1. The second-order valence-corrected chi connectivity index (χ2v) is 5.95. The van der Waals surface area contributed by atoms with Crippen LogP contribution in [0.15, 0.2) is 24.3 Å². The molecule has 3 rings (SSSR count). The molecule has 0 atom stereocenters. The molecule has 0 aliphatic carbocycles. The molecule has 2 N–H and O–H groups in total. The number of nitrogens with zero attached hydrogens (tertiary/aromatic N) is 2. The molecule has 108 valence electrons. The van der Waals surface area contributed by atoms with Gasteiger partial charge < -0.3 is 15.2 Å². The van der Waals surface area contributed by atoms with Gasteiger partial charge in [-0.2, -0.15) is 4.98 Å². The molecule has 0 spiro atoms. The Balaban J connectivity index is 2.09. The van der Waals surface area contributed by atoms with Gasteiger partial charge in [0.1, 0.15) is 4.83 Å². The van der Waals surface area contributed by atoms with Crippen molar-refractivity contribution in [3.63, 3.8) is 0 Å². The van der Waals surface area contributed by atoms with Crippen LogP contribution in [-0.4, -0.2) is 17.1 Å². The summed E-state index contributed by atoms with van der Waals surface area (Å²) in [6.07, 6.45) is 0. The van der Waals surface area contributed by atoms with Crippen molar-refractivity contribution < 1.29 is 9.47 Å². The minimum absolute atomic E-state index is 0.199. The Morgan fingerprint density at radius 2 is 1.90 bits per heavy atom. The van der Waals surface area contributed by atoms with Gasteiger partial charge in [0, 0.05) is 4.88 Å². The number of fused-ring (bicyclic) bond motifs is 1. The van der Waals surface area contributed by atoms with E-state index in [9.17, 15) is 0 Å². The second kappa shape index (κ2) is 5.21. The van der Waals surface area contributed by atoms with Crippen molar-refractivity contribution in [2.24, 2.45) is 0 Å². The van der Waals surface area contributed by atoms with Gasteiger partial charge in [0.05, 0.1) is 12.5 Å². The first kappa shape index (κ1) is 13.6. The van der Waals surface area contributed by atoms with Gasteiger partial charge in [-0.25, -0.2) is 4.98 Å². The summed E-state index contributed by atoms with van der Waals surface area (Å²) in [5.74, 6) is 1.91. The second-order valence-electron chi connectivity index (χ2n) is 4.72. The minimum Gasteiger partial charge on any atom is -0.493 e. The topological polar surface area (TPSA) is 70.3 Å². The van der Waals surface area contributed by atoms with Gasteiger partial charge in [0.2, 0.25) is 11.8 Å². The number of aryl methyl sites for hydroxylation is 2. The fraction of sp³-hybridized carbons (Fsp3) is 0.200. The molecule has 0 unspecified atom stereocenters. The van der Waals surface area contributed by atoms with Crippen LogP contribution in [0.2, 0.25) is 0 Å². The predicted octanol–water partition coefficient (Wildman–Crippen LogP) is 3.69. The molecule has 2 heterocycles. The fourth-order valence-corrected chi connectivity index (χ4v) is 2.95. The van der Waals surface area contributed by atoms with E-state index in [2.05, 4.69) is 9.97 Å². The Bertz CT molecular complexity index is 814. The Labute approximate surface area is 126 Å². The number of benzene rings is 1. The quantitative estimate of drug-likeness (QED) is 0.799. The first-order chi connectivity index (χ1) is 10.1. The molecule has 0 saturated heterocycles. The number of rotatable bonds is 3. The summed E-state index contributed by atoms with van der Waals surface area (Å²) in [5.41, 5.74) is 6.85. The van der Waals surface area contributed by atoms with E-state index >= 15 is 0 Å². The van der Waals surface area contributed by atoms with E-state index in [1.807, 2.05) is 38.1 Å². The van der Waals surface area contributed by atoms with Gasteiger partial charge in [-0.1, -0.05) is 6.07 Å². The number of ether oxygens (including phenoxy) is 2. The highest BCUT2D eigenvalue weighted by atomic mass is 32.1. The summed E-state index contributed by atoms with van der Waals surface area (Å²) in [4.78, 5) is 10.4. The molecule has 3 aromatic rings. The van der Waals surface area contributed by atoms with Gasteiger partial charge in [-0.3, -0.25) is 0 Å². The first-order valence-electron chi connectivity index (χ1n) is 6.43. The molecule has 0 fully saturated rings. The molecule has 0 radical (unpaired) electrons. The zero-order chi connectivity index (χ0) is 15.0. The van der Waals surface area contributed by atoms with Crippen molar-refractivity contribution in [3.05, 3.63) is 34.7 Å². The van der Waals surface area contributed by atoms with Gasteiger partial charge >= 0.3 is 0 Å². The van der Waals surface area contributed by atoms with Crippen molar-refractivity contribution in [1.82, 2.24) is 9.97 Å². The van der Waals surface area contributed by atoms with Crippen molar-refractivity contribution >= 4 is 27.5 Å². The van der Waals surface area contributed by atoms with Crippen LogP contribution < -0.4 is 15.2 Å². The number of aromatic nitrogens is 2. The molecular weight excluding hydrogens is 286 g/mol. The van der Waals surface area contributed by atoms with Crippen LogP contribution in [0.5, 0.6) is 17.4 Å². The fourth-order valence-electron chi connectivity index (χ4n) is 2.07. The van der Waals surface area contributed by atoms with E-state index in [4.69, 9.17) is 15.2 Å². The van der Waals surface area contributed by atoms with Crippen LogP contribution in [0, 0.1) is 13.8 Å². The van der Waals surface area contributed by atoms with Crippen LogP contribution in [0.25, 0.3) is 10.2 Å². The summed E-state index contributed by atoms with van der Waals surface area (Å²) >= 11 is 1.56. The summed E-state index contributed by atoms with van der Waals surface area (Å²) < 4.78 is 11.3. The van der Waals surface area contributed by atoms with E-state index in [1.54, 1.807) is 18.4 Å². The Morgan fingerprint density at radius 3 is 2.67 bits per heavy atom. The van der Waals surface area contributed by atoms with Crippen LogP contribution >= 0.6 is 11.3 Å². The molecule has 2 aromatic heterocycles. The normalized spacial score (nSPS) is 10.8. The highest BCUT2D eigenvalue weighted by Crippen LogP contribution is 2.36. The maximum Gasteiger partial charge on any atom is 0.233 e. The van der Waals surface area contributed by atoms with Gasteiger partial charge in [-0.05, 0) is 37.6 Å². The maximum atomic E-state index is 5.91. The van der Waals surface area contributed by atoms with Crippen molar-refractivity contribution in [1.29, 1.82) is 0 Å². The molecule has 0 aliphatic heterocycles. The van der Waals surface area contributed by atoms with Crippen LogP contribution in [0.4, 0.5) is 5.95 Å². The summed E-state index contributed by atoms with van der Waals surface area (Å²) in [5, 5.41) is 0.856. The molecule has 5 nitrogen and oxygen atoms in total. The molecule has 0 bridgehead atoms. The average Bonchev–Trinajstić information content (AvgIpc) is 2.81. The zero-order valence-electron chi connectivity index (χ0n) is 12.0. The summed E-state index contributed by atoms with van der Waals surface area (Å²) in [6.45, 7) is 4.01. The van der Waals surface area contributed by atoms with Crippen LogP contribution in [-0.2, 0) is 0 Å². The van der Waals surface area contributed by atoms with Crippen LogP contribution in [0.1, 0.15) is 10.4 Å². The highest BCUT2D eigenvalue weighted by molar-refractivity contribution is 7.18. The number of thiophene rings is 1. The van der Waals surface area contributed by atoms with E-state index in [-0.39, 0.29) is 5.95 Å². The number of hydrogen-bond donors (Lipinski definition) is 1. The van der Waals surface area contributed by atoms with E-state index in [0.717, 1.165) is 20.7 Å². The number of hydrogen-bond acceptors (Lipinski definition) is 6. The zero-order valence-corrected chi connectivity index (χ0v) is 12.8. The molecule has 6 heteroatoms. The third-order valence-electron chi connectivity index (χ3n) is 3.02. The van der Waals surface area contributed by atoms with E-state index in [0.29, 0.717) is 17.4 Å². The van der Waals surface area contributed by atoms with Gasteiger partial charge in [0.25, 0.3) is 0 Å². The third kappa shape index (κ3) is 2.62. The molecule has 0 saturated carbocycles. The highest BCUT2D eigenvalue weighted by Gasteiger charge is 2.13. The lowest BCUT2D eigenvalue weighted by molar-refractivity contribution is 0.375. The summed E-state index contributed by atoms with van der Waals surface area (Å²) in [7, 11) is 1.61. The monoisotopic (exact) mass is 301 g/mol. The average molecular weight is 301 g/mol. The lowest BCUT2D eigenvalue weighted by Crippen LogP contribution is -1.98. The minimum atomic E-state index is 0.199. The Hall–Kier alpha value is -2.34. The van der Waals surface area contributed by atoms with E-state index < -0.39 is 0 Å². The third-order valence-corrected chi connectivity index (χ3v) is 3.97. The van der Waals surface area contributed by atoms with Crippen molar-refractivity contribution in [2.75, 3.05) is 12.8 Å². The molecule has 21 heavy (non-hydrogen) atoms. The standard InChI is InChI=1S/C15H15N3O2S/c1-8-4-5-11(12(6-8)19-3)20-13-10-7-9(2)21-14(10)18-15(16)17-13/h4-7H,1-3H3,(H2,16,17,18). The number of anilines is 1. The molecule has 1 aromatic carbocycles. The smallest absolute Gasteiger partial charge is 0.233 e. The van der Waals surface area contributed by atoms with Gasteiger partial charge in [0.15, 0.2) is 11.5 Å². The Morgan fingerprint density at radius 1 is 1.10 bits per heavy atom. The number of methoxy groups -OCH3 is 1. The molecule has 0 aliphatic rings. The first-order valence-corrected chi connectivity index (χ1v) is 7.24. The molecule has 0 amide bonds. The Kier molecular flexibility index (Phi) is 3.39. The molecular formula is C15H15N3O2S. The van der Waals surface area contributed by atoms with E-state index in [1.165, 1.54) is 0 Å².